The molecule has 114 valence electrons. The molecular formula is C18H24BrNO. The number of ether oxygens (including phenoxy) is 1. The first-order valence-corrected chi connectivity index (χ1v) is 8.48. The third-order valence-electron chi connectivity index (χ3n) is 3.63. The summed E-state index contributed by atoms with van der Waals surface area (Å²) in [4.78, 5) is 0. The molecule has 0 saturated carbocycles. The Morgan fingerprint density at radius 2 is 1.90 bits per heavy atom. The summed E-state index contributed by atoms with van der Waals surface area (Å²) in [5.74, 6) is 0.908. The van der Waals surface area contributed by atoms with Crippen LogP contribution in [0.5, 0.6) is 5.75 Å². The second-order valence-corrected chi connectivity index (χ2v) is 6.42. The van der Waals surface area contributed by atoms with Crippen molar-refractivity contribution < 1.29 is 4.74 Å². The minimum atomic E-state index is 0.141. The maximum Gasteiger partial charge on any atom is 0.134 e. The zero-order valence-electron chi connectivity index (χ0n) is 13.0. The molecule has 2 aromatic rings. The Morgan fingerprint density at radius 1 is 1.14 bits per heavy atom. The molecule has 0 heterocycles. The van der Waals surface area contributed by atoms with E-state index in [2.05, 4.69) is 66.3 Å². The fraction of sp³-hybridized carbons (Fsp3) is 0.444. The van der Waals surface area contributed by atoms with E-state index in [4.69, 9.17) is 4.74 Å². The van der Waals surface area contributed by atoms with Crippen molar-refractivity contribution >= 4 is 26.7 Å². The number of fused-ring (bicyclic) bond motifs is 1. The van der Waals surface area contributed by atoms with Gasteiger partial charge in [0.15, 0.2) is 0 Å². The molecule has 2 aromatic carbocycles. The molecule has 0 aliphatic carbocycles. The van der Waals surface area contributed by atoms with Gasteiger partial charge in [-0.3, -0.25) is 0 Å². The topological polar surface area (TPSA) is 21.3 Å². The van der Waals surface area contributed by atoms with Gasteiger partial charge in [0, 0.05) is 12.6 Å². The molecule has 2 rings (SSSR count). The van der Waals surface area contributed by atoms with E-state index in [1.165, 1.54) is 23.6 Å². The predicted molar refractivity (Wildman–Crippen MR) is 94.1 cm³/mol. The summed E-state index contributed by atoms with van der Waals surface area (Å²) in [6, 6.07) is 13.0. The van der Waals surface area contributed by atoms with Gasteiger partial charge in [-0.2, -0.15) is 0 Å². The van der Waals surface area contributed by atoms with Gasteiger partial charge in [-0.05, 0) is 53.0 Å². The first-order chi connectivity index (χ1) is 10.1. The summed E-state index contributed by atoms with van der Waals surface area (Å²) >= 11 is 3.67. The van der Waals surface area contributed by atoms with Crippen LogP contribution >= 0.6 is 15.9 Å². The number of hydrogen-bond acceptors (Lipinski definition) is 2. The van der Waals surface area contributed by atoms with Crippen molar-refractivity contribution in [1.29, 1.82) is 0 Å². The van der Waals surface area contributed by atoms with Crippen molar-refractivity contribution in [1.82, 2.24) is 5.32 Å². The van der Waals surface area contributed by atoms with Crippen molar-refractivity contribution in [2.24, 2.45) is 0 Å². The SMILES string of the molecule is CCCC(C)NCC(C)Oc1ccc2ccccc2c1Br. The quantitative estimate of drug-likeness (QED) is 0.746. The average molecular weight is 350 g/mol. The average Bonchev–Trinajstić information content (AvgIpc) is 2.49. The van der Waals surface area contributed by atoms with E-state index in [9.17, 15) is 0 Å². The molecule has 3 heteroatoms. The van der Waals surface area contributed by atoms with Crippen LogP contribution in [0.25, 0.3) is 10.8 Å². The molecule has 0 aliphatic rings. The molecule has 0 aromatic heterocycles. The maximum atomic E-state index is 6.07. The van der Waals surface area contributed by atoms with Crippen LogP contribution in [-0.4, -0.2) is 18.7 Å². The number of halogens is 1. The van der Waals surface area contributed by atoms with Gasteiger partial charge in [-0.15, -0.1) is 0 Å². The second kappa shape index (κ2) is 7.81. The van der Waals surface area contributed by atoms with E-state index in [1.807, 2.05) is 12.1 Å². The molecule has 2 nitrogen and oxygen atoms in total. The summed E-state index contributed by atoms with van der Waals surface area (Å²) in [5.41, 5.74) is 0. The lowest BCUT2D eigenvalue weighted by molar-refractivity contribution is 0.210. The van der Waals surface area contributed by atoms with Gasteiger partial charge in [-0.25, -0.2) is 0 Å². The highest BCUT2D eigenvalue weighted by Crippen LogP contribution is 2.33. The van der Waals surface area contributed by atoms with Crippen LogP contribution in [0.15, 0.2) is 40.9 Å². The van der Waals surface area contributed by atoms with Crippen molar-refractivity contribution in [2.45, 2.75) is 45.8 Å². The van der Waals surface area contributed by atoms with Crippen LogP contribution in [0.3, 0.4) is 0 Å². The summed E-state index contributed by atoms with van der Waals surface area (Å²) in [6.45, 7) is 7.40. The third kappa shape index (κ3) is 4.45. The third-order valence-corrected chi connectivity index (χ3v) is 4.45. The monoisotopic (exact) mass is 349 g/mol. The Morgan fingerprint density at radius 3 is 2.67 bits per heavy atom. The van der Waals surface area contributed by atoms with Gasteiger partial charge >= 0.3 is 0 Å². The Balaban J connectivity index is 2.01. The molecule has 0 radical (unpaired) electrons. The van der Waals surface area contributed by atoms with Gasteiger partial charge in [0.25, 0.3) is 0 Å². The maximum absolute atomic E-state index is 6.07. The molecule has 0 spiro atoms. The molecule has 0 fully saturated rings. The second-order valence-electron chi connectivity index (χ2n) is 5.63. The first kappa shape index (κ1) is 16.3. The smallest absolute Gasteiger partial charge is 0.134 e. The molecule has 0 aliphatic heterocycles. The minimum absolute atomic E-state index is 0.141. The first-order valence-electron chi connectivity index (χ1n) is 7.69. The van der Waals surface area contributed by atoms with Crippen LogP contribution in [-0.2, 0) is 0 Å². The van der Waals surface area contributed by atoms with Gasteiger partial charge in [0.05, 0.1) is 4.47 Å². The Labute approximate surface area is 136 Å². The Kier molecular flexibility index (Phi) is 6.07. The van der Waals surface area contributed by atoms with Crippen LogP contribution < -0.4 is 10.1 Å². The Hall–Kier alpha value is -1.06. The normalized spacial score (nSPS) is 14.1. The van der Waals surface area contributed by atoms with Crippen LogP contribution in [0.1, 0.15) is 33.6 Å². The molecule has 21 heavy (non-hydrogen) atoms. The lowest BCUT2D eigenvalue weighted by Crippen LogP contribution is -2.35. The number of hydrogen-bond donors (Lipinski definition) is 1. The number of nitrogens with one attached hydrogen (secondary N) is 1. The highest BCUT2D eigenvalue weighted by Gasteiger charge is 2.10. The van der Waals surface area contributed by atoms with Gasteiger partial charge in [0.1, 0.15) is 11.9 Å². The largest absolute Gasteiger partial charge is 0.488 e. The van der Waals surface area contributed by atoms with Crippen molar-refractivity contribution in [3.05, 3.63) is 40.9 Å². The molecule has 0 saturated heterocycles. The number of benzene rings is 2. The van der Waals surface area contributed by atoms with Gasteiger partial charge in [0.2, 0.25) is 0 Å². The summed E-state index contributed by atoms with van der Waals surface area (Å²) < 4.78 is 7.11. The van der Waals surface area contributed by atoms with Crippen molar-refractivity contribution in [2.75, 3.05) is 6.54 Å². The highest BCUT2D eigenvalue weighted by atomic mass is 79.9. The van der Waals surface area contributed by atoms with E-state index < -0.39 is 0 Å². The van der Waals surface area contributed by atoms with E-state index in [1.54, 1.807) is 0 Å². The van der Waals surface area contributed by atoms with E-state index in [0.717, 1.165) is 16.8 Å². The fourth-order valence-electron chi connectivity index (χ4n) is 2.47. The standard InChI is InChI=1S/C18H24BrNO/c1-4-7-13(2)20-12-14(3)21-17-11-10-15-8-5-6-9-16(15)18(17)19/h5-6,8-11,13-14,20H,4,7,12H2,1-3H3. The lowest BCUT2D eigenvalue weighted by atomic mass is 10.1. The lowest BCUT2D eigenvalue weighted by Gasteiger charge is -2.20. The summed E-state index contributed by atoms with van der Waals surface area (Å²) in [6.07, 6.45) is 2.55. The van der Waals surface area contributed by atoms with E-state index >= 15 is 0 Å². The molecule has 2 unspecified atom stereocenters. The van der Waals surface area contributed by atoms with E-state index in [0.29, 0.717) is 6.04 Å². The highest BCUT2D eigenvalue weighted by molar-refractivity contribution is 9.10. The zero-order valence-corrected chi connectivity index (χ0v) is 14.6. The van der Waals surface area contributed by atoms with Gasteiger partial charge < -0.3 is 10.1 Å². The van der Waals surface area contributed by atoms with E-state index in [-0.39, 0.29) is 6.10 Å². The molecule has 1 N–H and O–H groups in total. The minimum Gasteiger partial charge on any atom is -0.488 e. The van der Waals surface area contributed by atoms with Crippen LogP contribution in [0.2, 0.25) is 0 Å². The summed E-state index contributed by atoms with van der Waals surface area (Å²) in [7, 11) is 0. The Bertz CT molecular complexity index is 584. The fourth-order valence-corrected chi connectivity index (χ4v) is 3.05. The number of rotatable bonds is 7. The van der Waals surface area contributed by atoms with Crippen molar-refractivity contribution in [3.63, 3.8) is 0 Å². The molecule has 0 amide bonds. The van der Waals surface area contributed by atoms with Crippen molar-refractivity contribution in [3.8, 4) is 5.75 Å². The van der Waals surface area contributed by atoms with Gasteiger partial charge in [-0.1, -0.05) is 43.7 Å². The molecule has 0 bridgehead atoms. The summed E-state index contributed by atoms with van der Waals surface area (Å²) in [5, 5.41) is 5.93. The van der Waals surface area contributed by atoms with Crippen LogP contribution in [0, 0.1) is 0 Å². The molecule has 2 atom stereocenters. The van der Waals surface area contributed by atoms with Crippen LogP contribution in [0.4, 0.5) is 0 Å². The molecular weight excluding hydrogens is 326 g/mol. The zero-order chi connectivity index (χ0) is 15.2. The predicted octanol–water partition coefficient (Wildman–Crippen LogP) is 5.15.